The summed E-state index contributed by atoms with van der Waals surface area (Å²) < 4.78 is 4.87. The van der Waals surface area contributed by atoms with Gasteiger partial charge in [0, 0.05) is 11.8 Å². The van der Waals surface area contributed by atoms with Gasteiger partial charge in [0.1, 0.15) is 17.3 Å². The van der Waals surface area contributed by atoms with E-state index in [0.29, 0.717) is 28.6 Å². The van der Waals surface area contributed by atoms with Gasteiger partial charge in [-0.05, 0) is 25.1 Å². The number of carbonyl (C=O) groups is 1. The number of anilines is 3. The minimum Gasteiger partial charge on any atom is -0.360 e. The second-order valence-corrected chi connectivity index (χ2v) is 4.88. The number of amides is 1. The molecule has 0 aliphatic carbocycles. The number of benzene rings is 1. The summed E-state index contributed by atoms with van der Waals surface area (Å²) in [6, 6.07) is 10.6. The first kappa shape index (κ1) is 15.2. The van der Waals surface area contributed by atoms with Crippen LogP contribution in [0.4, 0.5) is 17.3 Å². The lowest BCUT2D eigenvalue weighted by atomic mass is 10.2. The van der Waals surface area contributed by atoms with Gasteiger partial charge in [-0.15, -0.1) is 0 Å². The lowest BCUT2D eigenvalue weighted by Crippen LogP contribution is -2.14. The van der Waals surface area contributed by atoms with E-state index in [1.807, 2.05) is 0 Å². The van der Waals surface area contributed by atoms with Crippen molar-refractivity contribution in [1.29, 1.82) is 5.26 Å². The van der Waals surface area contributed by atoms with Gasteiger partial charge in [0.25, 0.3) is 5.91 Å². The number of hydrogen-bond donors (Lipinski definition) is 2. The highest BCUT2D eigenvalue weighted by Crippen LogP contribution is 2.15. The Morgan fingerprint density at radius 2 is 2.08 bits per heavy atom. The fraction of sp³-hybridized carbons (Fsp3) is 0.0625. The van der Waals surface area contributed by atoms with Crippen molar-refractivity contribution in [1.82, 2.24) is 15.1 Å². The van der Waals surface area contributed by atoms with Crippen molar-refractivity contribution in [2.45, 2.75) is 6.92 Å². The van der Waals surface area contributed by atoms with E-state index in [1.165, 1.54) is 12.4 Å². The summed E-state index contributed by atoms with van der Waals surface area (Å²) in [6.45, 7) is 1.73. The Morgan fingerprint density at radius 1 is 1.21 bits per heavy atom. The Labute approximate surface area is 137 Å². The molecule has 1 aromatic carbocycles. The zero-order valence-electron chi connectivity index (χ0n) is 12.6. The summed E-state index contributed by atoms with van der Waals surface area (Å²) >= 11 is 0. The predicted molar refractivity (Wildman–Crippen MR) is 85.7 cm³/mol. The fourth-order valence-corrected chi connectivity index (χ4v) is 1.93. The van der Waals surface area contributed by atoms with Crippen LogP contribution in [0.5, 0.6) is 0 Å². The number of rotatable bonds is 4. The van der Waals surface area contributed by atoms with E-state index in [4.69, 9.17) is 9.78 Å². The third-order valence-corrected chi connectivity index (χ3v) is 3.02. The summed E-state index contributed by atoms with van der Waals surface area (Å²) in [5, 5.41) is 18.1. The molecule has 8 heteroatoms. The minimum absolute atomic E-state index is 0.145. The van der Waals surface area contributed by atoms with E-state index < -0.39 is 5.91 Å². The van der Waals surface area contributed by atoms with Crippen LogP contribution in [-0.2, 0) is 0 Å². The maximum atomic E-state index is 12.0. The Morgan fingerprint density at radius 3 is 2.75 bits per heavy atom. The van der Waals surface area contributed by atoms with Crippen molar-refractivity contribution >= 4 is 23.2 Å². The summed E-state index contributed by atoms with van der Waals surface area (Å²) in [5.41, 5.74) is 1.39. The molecule has 24 heavy (non-hydrogen) atoms. The van der Waals surface area contributed by atoms with Gasteiger partial charge in [-0.25, -0.2) is 9.97 Å². The van der Waals surface area contributed by atoms with Crippen LogP contribution >= 0.6 is 0 Å². The van der Waals surface area contributed by atoms with E-state index in [1.54, 1.807) is 37.3 Å². The first-order chi connectivity index (χ1) is 11.6. The molecule has 0 fully saturated rings. The van der Waals surface area contributed by atoms with Crippen molar-refractivity contribution < 1.29 is 9.32 Å². The minimum atomic E-state index is -0.436. The Bertz CT molecular complexity index is 911. The van der Waals surface area contributed by atoms with Gasteiger partial charge in [0.2, 0.25) is 0 Å². The van der Waals surface area contributed by atoms with Crippen molar-refractivity contribution in [2.24, 2.45) is 0 Å². The molecule has 3 rings (SSSR count). The quantitative estimate of drug-likeness (QED) is 0.758. The van der Waals surface area contributed by atoms with Crippen LogP contribution in [0, 0.1) is 18.3 Å². The molecule has 0 spiro atoms. The van der Waals surface area contributed by atoms with Crippen LogP contribution in [0.1, 0.15) is 21.8 Å². The van der Waals surface area contributed by atoms with E-state index in [0.717, 1.165) is 0 Å². The monoisotopic (exact) mass is 320 g/mol. The Kier molecular flexibility index (Phi) is 4.16. The third kappa shape index (κ3) is 3.53. The van der Waals surface area contributed by atoms with Gasteiger partial charge < -0.3 is 15.2 Å². The molecule has 0 saturated heterocycles. The number of nitrogens with one attached hydrogen (secondary N) is 2. The zero-order valence-corrected chi connectivity index (χ0v) is 12.6. The normalized spacial score (nSPS) is 10.0. The van der Waals surface area contributed by atoms with Crippen molar-refractivity contribution in [3.8, 4) is 6.07 Å². The van der Waals surface area contributed by atoms with Crippen molar-refractivity contribution in [2.75, 3.05) is 10.6 Å². The number of nitriles is 1. The van der Waals surface area contributed by atoms with Crippen LogP contribution in [0.25, 0.3) is 0 Å². The van der Waals surface area contributed by atoms with E-state index >= 15 is 0 Å². The molecule has 2 N–H and O–H groups in total. The maximum Gasteiger partial charge on any atom is 0.277 e. The van der Waals surface area contributed by atoms with Crippen LogP contribution in [0.15, 0.2) is 47.2 Å². The number of carbonyl (C=O) groups excluding carboxylic acids is 1. The molecule has 2 heterocycles. The average molecular weight is 320 g/mol. The van der Waals surface area contributed by atoms with Gasteiger partial charge in [0.15, 0.2) is 5.82 Å². The number of aromatic nitrogens is 3. The molecule has 0 unspecified atom stereocenters. The van der Waals surface area contributed by atoms with Crippen molar-refractivity contribution in [3.05, 3.63) is 59.7 Å². The van der Waals surface area contributed by atoms with Gasteiger partial charge >= 0.3 is 0 Å². The molecule has 0 bridgehead atoms. The summed E-state index contributed by atoms with van der Waals surface area (Å²) in [6.07, 6.45) is 2.78. The lowest BCUT2D eigenvalue weighted by molar-refractivity contribution is 0.102. The fourth-order valence-electron chi connectivity index (χ4n) is 1.93. The number of hydrogen-bond acceptors (Lipinski definition) is 7. The van der Waals surface area contributed by atoms with Gasteiger partial charge in [-0.2, -0.15) is 5.26 Å². The van der Waals surface area contributed by atoms with E-state index in [2.05, 4.69) is 31.8 Å². The summed E-state index contributed by atoms with van der Waals surface area (Å²) in [5.74, 6) is 0.929. The second-order valence-electron chi connectivity index (χ2n) is 4.88. The van der Waals surface area contributed by atoms with Crippen molar-refractivity contribution in [3.63, 3.8) is 0 Å². The Hall–Kier alpha value is -3.73. The van der Waals surface area contributed by atoms with E-state index in [9.17, 15) is 4.79 Å². The first-order valence-corrected chi connectivity index (χ1v) is 6.98. The molecule has 3 aromatic rings. The molecule has 2 aromatic heterocycles. The standard InChI is InChI=1S/C16H12N6O2/c1-10-5-14(22-24-10)21-16(23)13-8-19-15(9-18-13)20-12-4-2-3-11(6-12)7-17/h2-6,8-9H,1H3,(H,19,20)(H,21,22,23). The maximum absolute atomic E-state index is 12.0. The highest BCUT2D eigenvalue weighted by atomic mass is 16.5. The SMILES string of the molecule is Cc1cc(NC(=O)c2cnc(Nc3cccc(C#N)c3)cn2)no1. The van der Waals surface area contributed by atoms with Crippen LogP contribution in [-0.4, -0.2) is 21.0 Å². The van der Waals surface area contributed by atoms with Gasteiger partial charge in [-0.1, -0.05) is 11.2 Å². The van der Waals surface area contributed by atoms with Crippen LogP contribution in [0.2, 0.25) is 0 Å². The highest BCUT2D eigenvalue weighted by molar-refractivity contribution is 6.02. The Balaban J connectivity index is 1.68. The predicted octanol–water partition coefficient (Wildman–Crippen LogP) is 2.64. The highest BCUT2D eigenvalue weighted by Gasteiger charge is 2.11. The summed E-state index contributed by atoms with van der Waals surface area (Å²) in [4.78, 5) is 20.2. The molecular weight excluding hydrogens is 308 g/mol. The smallest absolute Gasteiger partial charge is 0.277 e. The van der Waals surface area contributed by atoms with E-state index in [-0.39, 0.29) is 5.69 Å². The van der Waals surface area contributed by atoms with Crippen LogP contribution < -0.4 is 10.6 Å². The average Bonchev–Trinajstić information content (AvgIpc) is 3.00. The molecule has 0 aliphatic rings. The lowest BCUT2D eigenvalue weighted by Gasteiger charge is -2.06. The molecule has 0 radical (unpaired) electrons. The molecule has 118 valence electrons. The molecule has 8 nitrogen and oxygen atoms in total. The molecule has 0 aliphatic heterocycles. The number of aryl methyl sites for hydroxylation is 1. The third-order valence-electron chi connectivity index (χ3n) is 3.02. The topological polar surface area (TPSA) is 117 Å². The second kappa shape index (κ2) is 6.58. The zero-order chi connectivity index (χ0) is 16.9. The molecule has 0 atom stereocenters. The molecular formula is C16H12N6O2. The van der Waals surface area contributed by atoms with Gasteiger partial charge in [-0.3, -0.25) is 4.79 Å². The molecule has 1 amide bonds. The number of nitrogens with zero attached hydrogens (tertiary/aromatic N) is 4. The molecule has 0 saturated carbocycles. The van der Waals surface area contributed by atoms with Gasteiger partial charge in [0.05, 0.1) is 24.0 Å². The summed E-state index contributed by atoms with van der Waals surface area (Å²) in [7, 11) is 0. The van der Waals surface area contributed by atoms with Crippen LogP contribution in [0.3, 0.4) is 0 Å². The largest absolute Gasteiger partial charge is 0.360 e. The first-order valence-electron chi connectivity index (χ1n) is 6.98.